The highest BCUT2D eigenvalue weighted by molar-refractivity contribution is 7.92. The lowest BCUT2D eigenvalue weighted by atomic mass is 10.1. The lowest BCUT2D eigenvalue weighted by molar-refractivity contribution is 0.591. The first-order valence-electron chi connectivity index (χ1n) is 9.10. The molecule has 0 bridgehead atoms. The van der Waals surface area contributed by atoms with Gasteiger partial charge in [0.15, 0.2) is 5.82 Å². The van der Waals surface area contributed by atoms with Gasteiger partial charge in [-0.05, 0) is 31.2 Å². The van der Waals surface area contributed by atoms with Gasteiger partial charge in [-0.1, -0.05) is 18.2 Å². The van der Waals surface area contributed by atoms with Crippen LogP contribution in [0.25, 0.3) is 5.82 Å². The summed E-state index contributed by atoms with van der Waals surface area (Å²) in [5, 5.41) is 6.25. The summed E-state index contributed by atoms with van der Waals surface area (Å²) >= 11 is 0. The van der Waals surface area contributed by atoms with E-state index in [1.54, 1.807) is 37.3 Å². The Hall–Kier alpha value is -2.91. The average Bonchev–Trinajstić information content (AvgIpc) is 3.06. The van der Waals surface area contributed by atoms with Crippen molar-refractivity contribution in [3.05, 3.63) is 70.3 Å². The van der Waals surface area contributed by atoms with Crippen LogP contribution >= 0.6 is 0 Å². The number of rotatable bonds is 5. The predicted octanol–water partition coefficient (Wildman–Crippen LogP) is 1.42. The fourth-order valence-electron chi connectivity index (χ4n) is 3.36. The molecule has 0 saturated carbocycles. The van der Waals surface area contributed by atoms with E-state index >= 15 is 0 Å². The van der Waals surface area contributed by atoms with Crippen molar-refractivity contribution in [1.29, 1.82) is 0 Å². The lowest BCUT2D eigenvalue weighted by Crippen LogP contribution is -2.31. The minimum absolute atomic E-state index is 0.0768. The van der Waals surface area contributed by atoms with Crippen LogP contribution in [-0.2, 0) is 23.0 Å². The standard InChI is InChI=1S/C19H21N5O3S/c1-2-23(14-6-4-3-5-7-14)28(26,27)15-8-9-18(21-12-15)24-19(25)16-13-20-11-10-17(16)22-24/h3-9,12,20,22H,2,10-11,13H2,1H3. The number of para-hydroxylation sites is 1. The number of H-pyrrole nitrogens is 1. The Kier molecular flexibility index (Phi) is 4.78. The minimum atomic E-state index is -3.75. The predicted molar refractivity (Wildman–Crippen MR) is 106 cm³/mol. The van der Waals surface area contributed by atoms with Crippen molar-refractivity contribution in [3.63, 3.8) is 0 Å². The third kappa shape index (κ3) is 3.12. The Balaban J connectivity index is 1.68. The monoisotopic (exact) mass is 399 g/mol. The van der Waals surface area contributed by atoms with E-state index in [1.807, 2.05) is 6.07 Å². The molecule has 0 amide bonds. The first-order chi connectivity index (χ1) is 13.5. The van der Waals surface area contributed by atoms with E-state index in [0.29, 0.717) is 30.2 Å². The van der Waals surface area contributed by atoms with Gasteiger partial charge in [-0.25, -0.2) is 18.1 Å². The van der Waals surface area contributed by atoms with E-state index in [-0.39, 0.29) is 10.5 Å². The summed E-state index contributed by atoms with van der Waals surface area (Å²) in [5.74, 6) is 0.362. The van der Waals surface area contributed by atoms with Gasteiger partial charge in [0.2, 0.25) is 0 Å². The molecule has 2 aromatic heterocycles. The van der Waals surface area contributed by atoms with Crippen molar-refractivity contribution in [1.82, 2.24) is 20.1 Å². The number of sulfonamides is 1. The largest absolute Gasteiger partial charge is 0.312 e. The van der Waals surface area contributed by atoms with E-state index in [9.17, 15) is 13.2 Å². The van der Waals surface area contributed by atoms with Gasteiger partial charge in [-0.2, -0.15) is 0 Å². The van der Waals surface area contributed by atoms with Crippen LogP contribution in [-0.4, -0.2) is 36.3 Å². The van der Waals surface area contributed by atoms with E-state index in [1.165, 1.54) is 21.3 Å². The van der Waals surface area contributed by atoms with Gasteiger partial charge >= 0.3 is 0 Å². The summed E-state index contributed by atoms with van der Waals surface area (Å²) in [6.07, 6.45) is 2.04. The van der Waals surface area contributed by atoms with Crippen LogP contribution in [0.3, 0.4) is 0 Å². The number of hydrogen-bond acceptors (Lipinski definition) is 5. The van der Waals surface area contributed by atoms with Crippen LogP contribution in [0.1, 0.15) is 18.2 Å². The molecule has 1 aromatic carbocycles. The molecular weight excluding hydrogens is 378 g/mol. The summed E-state index contributed by atoms with van der Waals surface area (Å²) in [5.41, 5.74) is 2.02. The molecule has 146 valence electrons. The summed E-state index contributed by atoms with van der Waals surface area (Å²) in [6.45, 7) is 3.41. The molecule has 28 heavy (non-hydrogen) atoms. The van der Waals surface area contributed by atoms with Gasteiger partial charge < -0.3 is 5.32 Å². The average molecular weight is 399 g/mol. The van der Waals surface area contributed by atoms with Crippen molar-refractivity contribution >= 4 is 15.7 Å². The second kappa shape index (κ2) is 7.25. The third-order valence-corrected chi connectivity index (χ3v) is 6.68. The zero-order valence-corrected chi connectivity index (χ0v) is 16.2. The molecule has 8 nitrogen and oxygen atoms in total. The van der Waals surface area contributed by atoms with Gasteiger partial charge in [0, 0.05) is 37.9 Å². The van der Waals surface area contributed by atoms with Crippen LogP contribution in [0.4, 0.5) is 5.69 Å². The first kappa shape index (κ1) is 18.5. The first-order valence-corrected chi connectivity index (χ1v) is 10.5. The van der Waals surface area contributed by atoms with Crippen LogP contribution < -0.4 is 15.2 Å². The Morgan fingerprint density at radius 2 is 1.96 bits per heavy atom. The fourth-order valence-corrected chi connectivity index (χ4v) is 4.78. The van der Waals surface area contributed by atoms with Crippen LogP contribution in [0, 0.1) is 0 Å². The van der Waals surface area contributed by atoms with E-state index in [0.717, 1.165) is 18.7 Å². The number of benzene rings is 1. The van der Waals surface area contributed by atoms with Crippen LogP contribution in [0.5, 0.6) is 0 Å². The topological polar surface area (TPSA) is 100 Å². The van der Waals surface area contributed by atoms with Crippen LogP contribution in [0.2, 0.25) is 0 Å². The highest BCUT2D eigenvalue weighted by Crippen LogP contribution is 2.23. The molecule has 0 saturated heterocycles. The van der Waals surface area contributed by atoms with Gasteiger partial charge in [0.05, 0.1) is 11.3 Å². The van der Waals surface area contributed by atoms with Crippen molar-refractivity contribution in [2.75, 3.05) is 17.4 Å². The number of nitrogens with zero attached hydrogens (tertiary/aromatic N) is 3. The molecule has 4 rings (SSSR count). The maximum atomic E-state index is 13.0. The fraction of sp³-hybridized carbons (Fsp3) is 0.263. The zero-order chi connectivity index (χ0) is 19.7. The Morgan fingerprint density at radius 3 is 2.61 bits per heavy atom. The van der Waals surface area contributed by atoms with Crippen LogP contribution in [0.15, 0.2) is 58.4 Å². The maximum Gasteiger partial charge on any atom is 0.277 e. The van der Waals surface area contributed by atoms with Crippen molar-refractivity contribution in [2.24, 2.45) is 0 Å². The summed E-state index contributed by atoms with van der Waals surface area (Å²) < 4.78 is 28.8. The summed E-state index contributed by atoms with van der Waals surface area (Å²) in [7, 11) is -3.75. The van der Waals surface area contributed by atoms with Crippen molar-refractivity contribution in [3.8, 4) is 5.82 Å². The number of pyridine rings is 1. The molecule has 0 unspecified atom stereocenters. The van der Waals surface area contributed by atoms with Gasteiger partial charge in [-0.15, -0.1) is 0 Å². The molecule has 0 atom stereocenters. The Morgan fingerprint density at radius 1 is 1.18 bits per heavy atom. The molecular formula is C19H21N5O3S. The minimum Gasteiger partial charge on any atom is -0.312 e. The summed E-state index contributed by atoms with van der Waals surface area (Å²) in [6, 6.07) is 12.0. The normalized spacial score (nSPS) is 13.9. The Labute approximate surface area is 162 Å². The number of aromatic amines is 1. The highest BCUT2D eigenvalue weighted by atomic mass is 32.2. The van der Waals surface area contributed by atoms with Crippen molar-refractivity contribution in [2.45, 2.75) is 24.8 Å². The highest BCUT2D eigenvalue weighted by Gasteiger charge is 2.24. The second-order valence-electron chi connectivity index (χ2n) is 6.49. The Bertz CT molecular complexity index is 1130. The summed E-state index contributed by atoms with van der Waals surface area (Å²) in [4.78, 5) is 16.9. The van der Waals surface area contributed by atoms with Gasteiger partial charge in [0.1, 0.15) is 4.90 Å². The van der Waals surface area contributed by atoms with E-state index in [4.69, 9.17) is 0 Å². The van der Waals surface area contributed by atoms with Crippen molar-refractivity contribution < 1.29 is 8.42 Å². The molecule has 1 aliphatic heterocycles. The molecule has 0 radical (unpaired) electrons. The third-order valence-electron chi connectivity index (χ3n) is 4.80. The SMILES string of the molecule is CCN(c1ccccc1)S(=O)(=O)c1ccc(-n2[nH]c3c(c2=O)CNCC3)nc1. The quantitative estimate of drug-likeness (QED) is 0.676. The van der Waals surface area contributed by atoms with Gasteiger partial charge in [-0.3, -0.25) is 14.2 Å². The number of hydrogen-bond donors (Lipinski definition) is 2. The number of fused-ring (bicyclic) bond motifs is 1. The maximum absolute atomic E-state index is 13.0. The second-order valence-corrected chi connectivity index (χ2v) is 8.36. The molecule has 3 aromatic rings. The number of nitrogens with one attached hydrogen (secondary N) is 2. The van der Waals surface area contributed by atoms with Gasteiger partial charge in [0.25, 0.3) is 15.6 Å². The molecule has 2 N–H and O–H groups in total. The van der Waals surface area contributed by atoms with E-state index < -0.39 is 10.0 Å². The van der Waals surface area contributed by atoms with E-state index in [2.05, 4.69) is 15.4 Å². The molecule has 9 heteroatoms. The molecule has 0 aliphatic carbocycles. The lowest BCUT2D eigenvalue weighted by Gasteiger charge is -2.22. The number of anilines is 1. The molecule has 0 fully saturated rings. The molecule has 3 heterocycles. The molecule has 1 aliphatic rings. The number of aromatic nitrogens is 3. The zero-order valence-electron chi connectivity index (χ0n) is 15.4. The molecule has 0 spiro atoms. The smallest absolute Gasteiger partial charge is 0.277 e.